The van der Waals surface area contributed by atoms with Gasteiger partial charge in [-0.3, -0.25) is 9.59 Å². The molecule has 1 N–H and O–H groups in total. The molecule has 7 heteroatoms. The van der Waals surface area contributed by atoms with Crippen LogP contribution >= 0.6 is 0 Å². The zero-order valence-corrected chi connectivity index (χ0v) is 15.4. The number of ether oxygens (including phenoxy) is 2. The summed E-state index contributed by atoms with van der Waals surface area (Å²) < 4.78 is 10.7. The van der Waals surface area contributed by atoms with Gasteiger partial charge < -0.3 is 14.4 Å². The van der Waals surface area contributed by atoms with Crippen molar-refractivity contribution in [1.82, 2.24) is 0 Å². The standard InChI is InChI=1S/C19H24N2O5/c1-4-25-19(24)14-5-7-15(8-6-14)21-17(22)9-16(18(21)23)20-10-12(2)26-13(3)11-20/h5-8,12-13,16H,4,9-11H2,1-3H3/p+1/t12-,13+,16-/m0/s1. The number of benzene rings is 1. The second kappa shape index (κ2) is 7.55. The fourth-order valence-electron chi connectivity index (χ4n) is 3.78. The van der Waals surface area contributed by atoms with Crippen molar-refractivity contribution in [3.63, 3.8) is 0 Å². The number of anilines is 1. The maximum Gasteiger partial charge on any atom is 0.338 e. The summed E-state index contributed by atoms with van der Waals surface area (Å²) in [6, 6.07) is 6.01. The van der Waals surface area contributed by atoms with Gasteiger partial charge in [0, 0.05) is 0 Å². The number of carbonyl (C=O) groups is 3. The van der Waals surface area contributed by atoms with Crippen molar-refractivity contribution in [1.29, 1.82) is 0 Å². The van der Waals surface area contributed by atoms with Crippen LogP contribution in [0.4, 0.5) is 5.69 Å². The molecule has 0 bridgehead atoms. The van der Waals surface area contributed by atoms with Crippen molar-refractivity contribution in [2.75, 3.05) is 24.6 Å². The van der Waals surface area contributed by atoms with Crippen LogP contribution in [-0.4, -0.2) is 55.7 Å². The molecule has 2 amide bonds. The van der Waals surface area contributed by atoms with Crippen molar-refractivity contribution in [3.8, 4) is 0 Å². The second-order valence-electron chi connectivity index (χ2n) is 6.92. The summed E-state index contributed by atoms with van der Waals surface area (Å²) in [5.74, 6) is -0.810. The molecule has 0 radical (unpaired) electrons. The van der Waals surface area contributed by atoms with Crippen LogP contribution in [0, 0.1) is 0 Å². The van der Waals surface area contributed by atoms with Gasteiger partial charge in [0.2, 0.25) is 5.91 Å². The molecule has 1 unspecified atom stereocenters. The van der Waals surface area contributed by atoms with Gasteiger partial charge in [0.25, 0.3) is 5.91 Å². The molecule has 1 aromatic rings. The van der Waals surface area contributed by atoms with Crippen molar-refractivity contribution in [2.45, 2.75) is 45.4 Å². The molecule has 2 heterocycles. The van der Waals surface area contributed by atoms with Crippen LogP contribution in [0.2, 0.25) is 0 Å². The molecule has 0 aromatic heterocycles. The number of quaternary nitrogens is 1. The third kappa shape index (κ3) is 3.64. The molecule has 1 aromatic carbocycles. The molecule has 26 heavy (non-hydrogen) atoms. The highest BCUT2D eigenvalue weighted by Crippen LogP contribution is 2.23. The Morgan fingerprint density at radius 1 is 1.19 bits per heavy atom. The lowest BCUT2D eigenvalue weighted by Gasteiger charge is -2.34. The van der Waals surface area contributed by atoms with Gasteiger partial charge in [-0.15, -0.1) is 0 Å². The van der Waals surface area contributed by atoms with Crippen LogP contribution < -0.4 is 9.80 Å². The van der Waals surface area contributed by atoms with Gasteiger partial charge in [0.15, 0.2) is 6.04 Å². The Bertz CT molecular complexity index is 692. The van der Waals surface area contributed by atoms with Crippen molar-refractivity contribution in [3.05, 3.63) is 29.8 Å². The van der Waals surface area contributed by atoms with Gasteiger partial charge in [-0.25, -0.2) is 9.69 Å². The molecule has 4 atom stereocenters. The van der Waals surface area contributed by atoms with Crippen LogP contribution in [-0.2, 0) is 19.1 Å². The van der Waals surface area contributed by atoms with Gasteiger partial charge >= 0.3 is 5.97 Å². The van der Waals surface area contributed by atoms with Crippen LogP contribution in [0.25, 0.3) is 0 Å². The largest absolute Gasteiger partial charge is 0.462 e. The first-order chi connectivity index (χ1) is 12.4. The Labute approximate surface area is 152 Å². The number of amides is 2. The number of nitrogens with one attached hydrogen (secondary N) is 1. The molecule has 3 rings (SSSR count). The molecular formula is C19H25N2O5+. The average molecular weight is 361 g/mol. The van der Waals surface area contributed by atoms with Gasteiger partial charge in [-0.05, 0) is 45.0 Å². The first kappa shape index (κ1) is 18.5. The zero-order chi connectivity index (χ0) is 18.8. The summed E-state index contributed by atoms with van der Waals surface area (Å²) in [5.41, 5.74) is 0.886. The highest BCUT2D eigenvalue weighted by atomic mass is 16.5. The molecule has 2 fully saturated rings. The molecule has 2 aliphatic heterocycles. The van der Waals surface area contributed by atoms with Crippen molar-refractivity contribution >= 4 is 23.5 Å². The maximum atomic E-state index is 12.9. The second-order valence-corrected chi connectivity index (χ2v) is 6.92. The predicted molar refractivity (Wildman–Crippen MR) is 94.0 cm³/mol. The zero-order valence-electron chi connectivity index (χ0n) is 15.4. The smallest absolute Gasteiger partial charge is 0.338 e. The maximum absolute atomic E-state index is 12.9. The summed E-state index contributed by atoms with van der Waals surface area (Å²) in [7, 11) is 0. The topological polar surface area (TPSA) is 77.3 Å². The molecule has 0 aliphatic carbocycles. The minimum atomic E-state index is -0.420. The van der Waals surface area contributed by atoms with E-state index in [1.165, 1.54) is 4.90 Å². The van der Waals surface area contributed by atoms with Crippen LogP contribution in [0.5, 0.6) is 0 Å². The Morgan fingerprint density at radius 3 is 2.38 bits per heavy atom. The summed E-state index contributed by atoms with van der Waals surface area (Å²) >= 11 is 0. The lowest BCUT2D eigenvalue weighted by atomic mass is 10.1. The number of rotatable bonds is 4. The van der Waals surface area contributed by atoms with Crippen LogP contribution in [0.3, 0.4) is 0 Å². The van der Waals surface area contributed by atoms with E-state index < -0.39 is 5.97 Å². The van der Waals surface area contributed by atoms with Crippen molar-refractivity contribution < 1.29 is 28.8 Å². The quantitative estimate of drug-likeness (QED) is 0.612. The molecule has 0 saturated carbocycles. The van der Waals surface area contributed by atoms with Gasteiger partial charge in [0.05, 0.1) is 24.3 Å². The highest BCUT2D eigenvalue weighted by molar-refractivity contribution is 6.21. The molecule has 0 spiro atoms. The van der Waals surface area contributed by atoms with E-state index in [4.69, 9.17) is 9.47 Å². The van der Waals surface area contributed by atoms with Gasteiger partial charge in [-0.1, -0.05) is 0 Å². The Kier molecular flexibility index (Phi) is 5.38. The third-order valence-corrected chi connectivity index (χ3v) is 4.84. The van der Waals surface area contributed by atoms with E-state index in [-0.39, 0.29) is 36.5 Å². The lowest BCUT2D eigenvalue weighted by Crippen LogP contribution is -3.19. The predicted octanol–water partition coefficient (Wildman–Crippen LogP) is 0.187. The Morgan fingerprint density at radius 2 is 1.81 bits per heavy atom. The number of hydrogen-bond acceptors (Lipinski definition) is 5. The van der Waals surface area contributed by atoms with E-state index >= 15 is 0 Å². The highest BCUT2D eigenvalue weighted by Gasteiger charge is 2.47. The fraction of sp³-hybridized carbons (Fsp3) is 0.526. The number of carbonyl (C=O) groups excluding carboxylic acids is 3. The first-order valence-corrected chi connectivity index (χ1v) is 9.04. The number of morpholine rings is 1. The summed E-state index contributed by atoms with van der Waals surface area (Å²) in [4.78, 5) is 39.5. The molecule has 2 aliphatic rings. The first-order valence-electron chi connectivity index (χ1n) is 9.04. The SMILES string of the molecule is CCOC(=O)c1ccc(N2C(=O)C[C@H]([NH+]3C[C@@H](C)O[C@@H](C)C3)C2=O)cc1. The monoisotopic (exact) mass is 361 g/mol. The number of esters is 1. The van der Waals surface area contributed by atoms with E-state index in [9.17, 15) is 14.4 Å². The average Bonchev–Trinajstić information content (AvgIpc) is 2.89. The summed E-state index contributed by atoms with van der Waals surface area (Å²) in [6.07, 6.45) is 0.330. The van der Waals surface area contributed by atoms with E-state index in [0.29, 0.717) is 30.9 Å². The minimum absolute atomic E-state index is 0.0644. The van der Waals surface area contributed by atoms with E-state index in [1.54, 1.807) is 31.2 Å². The third-order valence-electron chi connectivity index (χ3n) is 4.84. The number of hydrogen-bond donors (Lipinski definition) is 1. The number of imide groups is 1. The van der Waals surface area contributed by atoms with Crippen LogP contribution in [0.15, 0.2) is 24.3 Å². The molecule has 2 saturated heterocycles. The number of nitrogens with zero attached hydrogens (tertiary/aromatic N) is 1. The fourth-order valence-corrected chi connectivity index (χ4v) is 3.78. The van der Waals surface area contributed by atoms with E-state index in [1.807, 2.05) is 13.8 Å². The van der Waals surface area contributed by atoms with E-state index in [0.717, 1.165) is 4.90 Å². The van der Waals surface area contributed by atoms with Crippen LogP contribution in [0.1, 0.15) is 37.6 Å². The molecule has 140 valence electrons. The van der Waals surface area contributed by atoms with Gasteiger partial charge in [-0.2, -0.15) is 0 Å². The minimum Gasteiger partial charge on any atom is -0.462 e. The molecular weight excluding hydrogens is 336 g/mol. The Hall–Kier alpha value is -2.25. The Balaban J connectivity index is 1.76. The van der Waals surface area contributed by atoms with Gasteiger partial charge in [0.1, 0.15) is 25.3 Å². The lowest BCUT2D eigenvalue weighted by molar-refractivity contribution is -0.929. The molecule has 7 nitrogen and oxygen atoms in total. The normalized spacial score (nSPS) is 29.1. The van der Waals surface area contributed by atoms with Crippen molar-refractivity contribution in [2.24, 2.45) is 0 Å². The summed E-state index contributed by atoms with van der Waals surface area (Å²) in [5, 5.41) is 0. The summed E-state index contributed by atoms with van der Waals surface area (Å²) in [6.45, 7) is 7.44. The van der Waals surface area contributed by atoms with E-state index in [2.05, 4.69) is 0 Å².